The van der Waals surface area contributed by atoms with Crippen molar-refractivity contribution in [3.63, 3.8) is 0 Å². The van der Waals surface area contributed by atoms with Gasteiger partial charge in [-0.05, 0) is 29.5 Å². The summed E-state index contributed by atoms with van der Waals surface area (Å²) in [7, 11) is 0. The van der Waals surface area contributed by atoms with E-state index in [0.717, 1.165) is 24.0 Å². The molecule has 0 radical (unpaired) electrons. The second kappa shape index (κ2) is 6.67. The van der Waals surface area contributed by atoms with Crippen LogP contribution < -0.4 is 0 Å². The molecule has 3 heterocycles. The fraction of sp³-hybridized carbons (Fsp3) is 0.333. The highest BCUT2D eigenvalue weighted by molar-refractivity contribution is 5.33. The van der Waals surface area contributed by atoms with Gasteiger partial charge in [-0.1, -0.05) is 54.6 Å². The van der Waals surface area contributed by atoms with E-state index in [1.165, 1.54) is 5.56 Å². The van der Waals surface area contributed by atoms with Crippen molar-refractivity contribution in [1.29, 1.82) is 0 Å². The molecule has 0 amide bonds. The van der Waals surface area contributed by atoms with Crippen LogP contribution in [0.4, 0.5) is 0 Å². The lowest BCUT2D eigenvalue weighted by Crippen LogP contribution is -2.17. The molecule has 26 heavy (non-hydrogen) atoms. The van der Waals surface area contributed by atoms with E-state index in [1.807, 2.05) is 24.3 Å². The number of benzene rings is 2. The van der Waals surface area contributed by atoms with Crippen molar-refractivity contribution in [2.75, 3.05) is 13.2 Å². The van der Waals surface area contributed by atoms with Gasteiger partial charge in [-0.25, -0.2) is 0 Å². The number of rotatable bonds is 3. The van der Waals surface area contributed by atoms with Crippen molar-refractivity contribution in [2.45, 2.75) is 31.0 Å². The maximum atomic E-state index is 6.09. The Labute approximate surface area is 152 Å². The molecule has 5 nitrogen and oxygen atoms in total. The first kappa shape index (κ1) is 15.7. The molecule has 5 rings (SSSR count). The Bertz CT molecular complexity index is 893. The normalized spacial score (nSPS) is 25.2. The molecular weight excluding hydrogens is 328 g/mol. The monoisotopic (exact) mass is 348 g/mol. The van der Waals surface area contributed by atoms with Crippen LogP contribution >= 0.6 is 0 Å². The molecule has 0 spiro atoms. The van der Waals surface area contributed by atoms with Crippen molar-refractivity contribution < 1.29 is 13.9 Å². The van der Waals surface area contributed by atoms with E-state index in [0.29, 0.717) is 25.0 Å². The SMILES string of the molecule is c1ccc([C@H]2OCC[C@@H]2c2nnc(C3OCCc4ccccc43)o2)cc1. The summed E-state index contributed by atoms with van der Waals surface area (Å²) in [5.41, 5.74) is 3.56. The minimum absolute atomic E-state index is 0.0379. The highest BCUT2D eigenvalue weighted by atomic mass is 16.5. The quantitative estimate of drug-likeness (QED) is 0.717. The van der Waals surface area contributed by atoms with Gasteiger partial charge in [0.2, 0.25) is 11.8 Å². The minimum atomic E-state index is -0.279. The molecule has 132 valence electrons. The molecule has 1 fully saturated rings. The van der Waals surface area contributed by atoms with Crippen molar-refractivity contribution >= 4 is 0 Å². The van der Waals surface area contributed by atoms with E-state index >= 15 is 0 Å². The largest absolute Gasteiger partial charge is 0.422 e. The van der Waals surface area contributed by atoms with Gasteiger partial charge in [0.05, 0.1) is 18.6 Å². The third-order valence-corrected chi connectivity index (χ3v) is 5.21. The lowest BCUT2D eigenvalue weighted by Gasteiger charge is -2.23. The Morgan fingerprint density at radius 3 is 2.54 bits per heavy atom. The molecule has 0 N–H and O–H groups in total. The summed E-state index contributed by atoms with van der Waals surface area (Å²) in [5, 5.41) is 8.66. The minimum Gasteiger partial charge on any atom is -0.422 e. The molecule has 0 aliphatic carbocycles. The number of hydrogen-bond acceptors (Lipinski definition) is 5. The Morgan fingerprint density at radius 1 is 0.808 bits per heavy atom. The summed E-state index contributed by atoms with van der Waals surface area (Å²) in [6.07, 6.45) is 1.48. The number of nitrogens with zero attached hydrogens (tertiary/aromatic N) is 2. The Morgan fingerprint density at radius 2 is 1.62 bits per heavy atom. The second-order valence-electron chi connectivity index (χ2n) is 6.78. The van der Waals surface area contributed by atoms with Crippen molar-refractivity contribution in [3.05, 3.63) is 83.1 Å². The third-order valence-electron chi connectivity index (χ3n) is 5.21. The van der Waals surface area contributed by atoms with E-state index in [2.05, 4.69) is 40.5 Å². The van der Waals surface area contributed by atoms with Crippen LogP contribution in [0, 0.1) is 0 Å². The molecule has 1 saturated heterocycles. The van der Waals surface area contributed by atoms with E-state index in [4.69, 9.17) is 13.9 Å². The van der Waals surface area contributed by atoms with Gasteiger partial charge in [-0.2, -0.15) is 0 Å². The van der Waals surface area contributed by atoms with Gasteiger partial charge in [0, 0.05) is 6.61 Å². The van der Waals surface area contributed by atoms with Gasteiger partial charge in [0.25, 0.3) is 0 Å². The molecule has 0 bridgehead atoms. The predicted octanol–water partition coefficient (Wildman–Crippen LogP) is 3.98. The highest BCUT2D eigenvalue weighted by Gasteiger charge is 2.36. The van der Waals surface area contributed by atoms with Gasteiger partial charge in [-0.15, -0.1) is 10.2 Å². The molecule has 2 aliphatic heterocycles. The first-order valence-corrected chi connectivity index (χ1v) is 9.09. The van der Waals surface area contributed by atoms with Crippen molar-refractivity contribution in [1.82, 2.24) is 10.2 Å². The number of hydrogen-bond donors (Lipinski definition) is 0. The zero-order chi connectivity index (χ0) is 17.3. The fourth-order valence-electron chi connectivity index (χ4n) is 3.91. The lowest BCUT2D eigenvalue weighted by molar-refractivity contribution is 0.0495. The Balaban J connectivity index is 1.44. The summed E-state index contributed by atoms with van der Waals surface area (Å²) in [6.45, 7) is 1.36. The molecule has 2 aliphatic rings. The molecular formula is C21H20N2O3. The van der Waals surface area contributed by atoms with E-state index in [-0.39, 0.29) is 18.1 Å². The van der Waals surface area contributed by atoms with Gasteiger partial charge < -0.3 is 13.9 Å². The summed E-state index contributed by atoms with van der Waals surface area (Å²) < 4.78 is 18.0. The topological polar surface area (TPSA) is 57.4 Å². The van der Waals surface area contributed by atoms with Crippen LogP contribution in [0.1, 0.15) is 53.0 Å². The average molecular weight is 348 g/mol. The first-order chi connectivity index (χ1) is 12.9. The molecule has 3 aromatic rings. The smallest absolute Gasteiger partial charge is 0.249 e. The summed E-state index contributed by atoms with van der Waals surface area (Å²) >= 11 is 0. The van der Waals surface area contributed by atoms with Crippen LogP contribution in [0.3, 0.4) is 0 Å². The fourth-order valence-corrected chi connectivity index (χ4v) is 3.91. The molecule has 3 atom stereocenters. The number of ether oxygens (including phenoxy) is 2. The number of aromatic nitrogens is 2. The average Bonchev–Trinajstić information content (AvgIpc) is 3.37. The zero-order valence-corrected chi connectivity index (χ0v) is 14.4. The maximum absolute atomic E-state index is 6.09. The second-order valence-corrected chi connectivity index (χ2v) is 6.78. The predicted molar refractivity (Wildman–Crippen MR) is 94.7 cm³/mol. The third kappa shape index (κ3) is 2.73. The first-order valence-electron chi connectivity index (χ1n) is 9.09. The van der Waals surface area contributed by atoms with Crippen LogP contribution in [0.15, 0.2) is 59.0 Å². The lowest BCUT2D eigenvalue weighted by atomic mass is 9.95. The summed E-state index contributed by atoms with van der Waals surface area (Å²) in [5.74, 6) is 1.25. The Hall–Kier alpha value is -2.50. The highest BCUT2D eigenvalue weighted by Crippen LogP contribution is 2.42. The zero-order valence-electron chi connectivity index (χ0n) is 14.4. The number of fused-ring (bicyclic) bond motifs is 1. The molecule has 1 aromatic heterocycles. The molecule has 1 unspecified atom stereocenters. The van der Waals surface area contributed by atoms with E-state index in [9.17, 15) is 0 Å². The summed E-state index contributed by atoms with van der Waals surface area (Å²) in [6, 6.07) is 18.5. The maximum Gasteiger partial charge on any atom is 0.249 e. The molecule has 2 aromatic carbocycles. The van der Waals surface area contributed by atoms with Crippen LogP contribution in [0.25, 0.3) is 0 Å². The van der Waals surface area contributed by atoms with E-state index < -0.39 is 0 Å². The molecule has 5 heteroatoms. The molecule has 0 saturated carbocycles. The standard InChI is InChI=1S/C21H20N2O3/c1-2-7-15(8-3-1)18-17(11-13-24-18)20-22-23-21(26-20)19-16-9-5-4-6-14(16)10-12-25-19/h1-9,17-19H,10-13H2/t17-,18+,19?/m0/s1. The van der Waals surface area contributed by atoms with Gasteiger partial charge in [0.1, 0.15) is 0 Å². The Kier molecular flexibility index (Phi) is 4.03. The van der Waals surface area contributed by atoms with Crippen LogP contribution in [-0.2, 0) is 15.9 Å². The van der Waals surface area contributed by atoms with Crippen LogP contribution in [-0.4, -0.2) is 23.4 Å². The van der Waals surface area contributed by atoms with E-state index in [1.54, 1.807) is 0 Å². The van der Waals surface area contributed by atoms with Gasteiger partial charge in [0.15, 0.2) is 6.10 Å². The van der Waals surface area contributed by atoms with Gasteiger partial charge >= 0.3 is 0 Å². The van der Waals surface area contributed by atoms with Gasteiger partial charge in [-0.3, -0.25) is 0 Å². The van der Waals surface area contributed by atoms with Crippen molar-refractivity contribution in [3.8, 4) is 0 Å². The van der Waals surface area contributed by atoms with Crippen LogP contribution in [0.5, 0.6) is 0 Å². The van der Waals surface area contributed by atoms with Crippen molar-refractivity contribution in [2.24, 2.45) is 0 Å². The summed E-state index contributed by atoms with van der Waals surface area (Å²) in [4.78, 5) is 0. The van der Waals surface area contributed by atoms with Crippen LogP contribution in [0.2, 0.25) is 0 Å².